The SMILES string of the molecule is Cc1ccc(CS(=O)(=O)CN=c2sc3ccccc3nc2C=C(O)c2ccc(Cl)cc2)cc1. The number of sulfone groups is 1. The van der Waals surface area contributed by atoms with E-state index in [1.54, 1.807) is 24.3 Å². The number of aromatic nitrogens is 1. The zero-order valence-corrected chi connectivity index (χ0v) is 20.2. The number of para-hydroxylation sites is 1. The lowest BCUT2D eigenvalue weighted by atomic mass is 10.1. The zero-order chi connectivity index (χ0) is 23.4. The third-order valence-electron chi connectivity index (χ3n) is 4.86. The van der Waals surface area contributed by atoms with Crippen molar-refractivity contribution in [2.75, 3.05) is 5.88 Å². The molecule has 1 N–H and O–H groups in total. The molecule has 3 aromatic carbocycles. The number of aliphatic hydroxyl groups excluding tert-OH is 1. The van der Waals surface area contributed by atoms with Crippen LogP contribution in [0.5, 0.6) is 0 Å². The number of aryl methyl sites for hydroxylation is 1. The fourth-order valence-electron chi connectivity index (χ4n) is 3.15. The Labute approximate surface area is 201 Å². The Balaban J connectivity index is 1.72. The molecule has 0 aliphatic heterocycles. The van der Waals surface area contributed by atoms with Crippen molar-refractivity contribution >= 4 is 54.8 Å². The van der Waals surface area contributed by atoms with Gasteiger partial charge in [0.1, 0.15) is 22.0 Å². The summed E-state index contributed by atoms with van der Waals surface area (Å²) in [6.45, 7) is 1.95. The fourth-order valence-corrected chi connectivity index (χ4v) is 5.39. The number of hydrogen-bond donors (Lipinski definition) is 1. The van der Waals surface area contributed by atoms with Crippen LogP contribution >= 0.6 is 22.9 Å². The number of halogens is 1. The molecule has 0 saturated carbocycles. The number of nitrogens with zero attached hydrogens (tertiary/aromatic N) is 2. The third-order valence-corrected chi connectivity index (χ3v) is 7.50. The number of rotatable bonds is 6. The summed E-state index contributed by atoms with van der Waals surface area (Å²) in [5.41, 5.74) is 3.49. The predicted molar refractivity (Wildman–Crippen MR) is 136 cm³/mol. The van der Waals surface area contributed by atoms with Crippen molar-refractivity contribution < 1.29 is 13.5 Å². The number of aliphatic hydroxyl groups is 1. The van der Waals surface area contributed by atoms with Crippen molar-refractivity contribution in [1.82, 2.24) is 4.98 Å². The summed E-state index contributed by atoms with van der Waals surface area (Å²) in [6, 6.07) is 21.7. The maximum Gasteiger partial charge on any atom is 0.174 e. The first-order valence-corrected chi connectivity index (χ1v) is 13.1. The first kappa shape index (κ1) is 23.2. The van der Waals surface area contributed by atoms with Gasteiger partial charge in [-0.05, 0) is 48.9 Å². The molecule has 0 spiro atoms. The Morgan fingerprint density at radius 1 is 1.06 bits per heavy atom. The first-order chi connectivity index (χ1) is 15.8. The van der Waals surface area contributed by atoms with Crippen molar-refractivity contribution in [2.45, 2.75) is 12.7 Å². The van der Waals surface area contributed by atoms with Crippen LogP contribution in [0.4, 0.5) is 0 Å². The minimum atomic E-state index is -3.49. The van der Waals surface area contributed by atoms with Crippen molar-refractivity contribution in [2.24, 2.45) is 4.99 Å². The van der Waals surface area contributed by atoms with E-state index in [4.69, 9.17) is 11.6 Å². The van der Waals surface area contributed by atoms with Gasteiger partial charge in [-0.15, -0.1) is 11.3 Å². The van der Waals surface area contributed by atoms with Crippen LogP contribution in [0.2, 0.25) is 5.02 Å². The molecule has 1 heterocycles. The fraction of sp³-hybridized carbons (Fsp3) is 0.120. The summed E-state index contributed by atoms with van der Waals surface area (Å²) >= 11 is 7.26. The monoisotopic (exact) mass is 496 g/mol. The van der Waals surface area contributed by atoms with E-state index in [1.807, 2.05) is 55.5 Å². The van der Waals surface area contributed by atoms with Gasteiger partial charge in [0.05, 0.1) is 16.0 Å². The van der Waals surface area contributed by atoms with E-state index in [-0.39, 0.29) is 17.4 Å². The molecule has 0 radical (unpaired) electrons. The maximum absolute atomic E-state index is 12.7. The highest BCUT2D eigenvalue weighted by atomic mass is 35.5. The molecule has 0 fully saturated rings. The van der Waals surface area contributed by atoms with Gasteiger partial charge < -0.3 is 5.11 Å². The zero-order valence-electron chi connectivity index (χ0n) is 17.8. The first-order valence-electron chi connectivity index (χ1n) is 10.1. The lowest BCUT2D eigenvalue weighted by molar-refractivity contribution is 0.515. The predicted octanol–water partition coefficient (Wildman–Crippen LogP) is 5.79. The van der Waals surface area contributed by atoms with E-state index in [9.17, 15) is 13.5 Å². The minimum absolute atomic E-state index is 0.0133. The second-order valence-corrected chi connectivity index (χ2v) is 11.1. The molecule has 0 aliphatic rings. The normalized spacial score (nSPS) is 12.9. The summed E-state index contributed by atoms with van der Waals surface area (Å²) in [4.78, 5) is 9.01. The molecule has 8 heteroatoms. The molecule has 5 nitrogen and oxygen atoms in total. The lowest BCUT2D eigenvalue weighted by Gasteiger charge is -2.05. The van der Waals surface area contributed by atoms with Crippen molar-refractivity contribution in [3.8, 4) is 0 Å². The molecule has 1 aromatic heterocycles. The highest BCUT2D eigenvalue weighted by Gasteiger charge is 2.12. The summed E-state index contributed by atoms with van der Waals surface area (Å²) in [5.74, 6) is -0.482. The van der Waals surface area contributed by atoms with E-state index in [0.29, 0.717) is 21.0 Å². The Morgan fingerprint density at radius 2 is 1.76 bits per heavy atom. The van der Waals surface area contributed by atoms with Gasteiger partial charge in [-0.1, -0.05) is 53.6 Å². The van der Waals surface area contributed by atoms with Crippen molar-refractivity contribution in [3.63, 3.8) is 0 Å². The Hall–Kier alpha value is -3.00. The number of fused-ring (bicyclic) bond motifs is 1. The van der Waals surface area contributed by atoms with Crippen molar-refractivity contribution in [1.29, 1.82) is 0 Å². The highest BCUT2D eigenvalue weighted by molar-refractivity contribution is 7.90. The average molecular weight is 497 g/mol. The highest BCUT2D eigenvalue weighted by Crippen LogP contribution is 2.19. The second kappa shape index (κ2) is 9.87. The van der Waals surface area contributed by atoms with Crippen LogP contribution in [0.15, 0.2) is 77.8 Å². The molecule has 0 saturated heterocycles. The van der Waals surface area contributed by atoms with E-state index >= 15 is 0 Å². The van der Waals surface area contributed by atoms with Gasteiger partial charge in [0, 0.05) is 16.7 Å². The minimum Gasteiger partial charge on any atom is -0.507 e. The Kier molecular flexibility index (Phi) is 6.93. The van der Waals surface area contributed by atoms with Crippen LogP contribution in [0.1, 0.15) is 22.4 Å². The molecule has 0 amide bonds. The van der Waals surface area contributed by atoms with Crippen LogP contribution in [0, 0.1) is 6.92 Å². The molecule has 33 heavy (non-hydrogen) atoms. The quantitative estimate of drug-likeness (QED) is 0.343. The standard InChI is InChI=1S/C25H21ClN2O3S2/c1-17-6-8-18(9-7-17)15-33(30,31)16-27-25-22(28-21-4-2-3-5-24(21)32-25)14-23(29)19-10-12-20(26)13-11-19/h2-14,29H,15-16H2,1H3. The Morgan fingerprint density at radius 3 is 2.48 bits per heavy atom. The van der Waals surface area contributed by atoms with Gasteiger partial charge in [-0.25, -0.2) is 13.4 Å². The average Bonchev–Trinajstić information content (AvgIpc) is 2.79. The topological polar surface area (TPSA) is 79.6 Å². The molecule has 0 atom stereocenters. The van der Waals surface area contributed by atoms with Crippen LogP contribution < -0.4 is 4.67 Å². The molecule has 168 valence electrons. The van der Waals surface area contributed by atoms with Gasteiger partial charge in [0.25, 0.3) is 0 Å². The van der Waals surface area contributed by atoms with E-state index in [0.717, 1.165) is 21.3 Å². The summed E-state index contributed by atoms with van der Waals surface area (Å²) in [7, 11) is -3.49. The molecule has 0 bridgehead atoms. The molecule has 0 aliphatic carbocycles. The second-order valence-electron chi connectivity index (χ2n) is 7.57. The molecule has 4 rings (SSSR count). The lowest BCUT2D eigenvalue weighted by Crippen LogP contribution is -2.13. The molecule has 0 unspecified atom stereocenters. The summed E-state index contributed by atoms with van der Waals surface area (Å²) in [5, 5.41) is 11.2. The molecule has 4 aromatic rings. The van der Waals surface area contributed by atoms with Gasteiger partial charge in [-0.3, -0.25) is 4.99 Å². The summed E-state index contributed by atoms with van der Waals surface area (Å²) < 4.78 is 26.7. The molecular weight excluding hydrogens is 476 g/mol. The van der Waals surface area contributed by atoms with Gasteiger partial charge in [0.2, 0.25) is 0 Å². The van der Waals surface area contributed by atoms with Gasteiger partial charge >= 0.3 is 0 Å². The van der Waals surface area contributed by atoms with Crippen LogP contribution in [0.3, 0.4) is 0 Å². The smallest absolute Gasteiger partial charge is 0.174 e. The maximum atomic E-state index is 12.7. The van der Waals surface area contributed by atoms with Crippen LogP contribution in [-0.2, 0) is 15.6 Å². The van der Waals surface area contributed by atoms with E-state index < -0.39 is 9.84 Å². The molecular formula is C25H21ClN2O3S2. The summed E-state index contributed by atoms with van der Waals surface area (Å²) in [6.07, 6.45) is 1.50. The van der Waals surface area contributed by atoms with Crippen molar-refractivity contribution in [3.05, 3.63) is 105 Å². The van der Waals surface area contributed by atoms with Crippen LogP contribution in [0.25, 0.3) is 22.1 Å². The van der Waals surface area contributed by atoms with Gasteiger partial charge in [0.15, 0.2) is 9.84 Å². The van der Waals surface area contributed by atoms with E-state index in [2.05, 4.69) is 9.98 Å². The van der Waals surface area contributed by atoms with Gasteiger partial charge in [-0.2, -0.15) is 0 Å². The number of hydrogen-bond acceptors (Lipinski definition) is 6. The van der Waals surface area contributed by atoms with Crippen LogP contribution in [-0.4, -0.2) is 24.4 Å². The number of benzene rings is 3. The Bertz CT molecular complexity index is 1490. The third kappa shape index (κ3) is 6.07. The van der Waals surface area contributed by atoms with E-state index in [1.165, 1.54) is 17.4 Å². The largest absolute Gasteiger partial charge is 0.507 e.